The molecule has 1 aromatic carbocycles. The van der Waals surface area contributed by atoms with Crippen molar-refractivity contribution in [3.63, 3.8) is 0 Å². The minimum Gasteiger partial charge on any atom is -0.477 e. The predicted molar refractivity (Wildman–Crippen MR) is 141 cm³/mol. The van der Waals surface area contributed by atoms with Crippen molar-refractivity contribution in [1.82, 2.24) is 15.2 Å². The highest BCUT2D eigenvalue weighted by molar-refractivity contribution is 5.94. The van der Waals surface area contributed by atoms with Crippen LogP contribution in [-0.4, -0.2) is 70.5 Å². The smallest absolute Gasteiger partial charge is 0.248 e. The molecule has 2 aliphatic rings. The Hall–Kier alpha value is -3.30. The second-order valence-electron chi connectivity index (χ2n) is 10.2. The molecule has 0 spiro atoms. The van der Waals surface area contributed by atoms with Gasteiger partial charge in [0.25, 0.3) is 0 Å². The minimum absolute atomic E-state index is 0.221. The standard InChI is InChI=1S/C28H37N5O4/c1-19(29)25(34)31-24(20(2)36-17-21-10-5-4-6-11-21)27(35)33-15-9-13-23(33)26-32-28(3,18-37-26)16-22-12-7-8-14-30-22/h4-8,10-12,14,19-20,23-24H,9,13,15-18,29H2,1-3H3,(H,31,34)/t19?,20?,23?,24?,28-/m1/s1. The van der Waals surface area contributed by atoms with Crippen molar-refractivity contribution in [2.24, 2.45) is 10.7 Å². The van der Waals surface area contributed by atoms with Crippen LogP contribution in [-0.2, 0) is 32.1 Å². The van der Waals surface area contributed by atoms with E-state index < -0.39 is 29.6 Å². The lowest BCUT2D eigenvalue weighted by Gasteiger charge is -2.32. The summed E-state index contributed by atoms with van der Waals surface area (Å²) in [5.74, 6) is -0.0530. The monoisotopic (exact) mass is 507 g/mol. The molecule has 4 unspecified atom stereocenters. The number of hydrogen-bond acceptors (Lipinski definition) is 7. The predicted octanol–water partition coefficient (Wildman–Crippen LogP) is 2.24. The van der Waals surface area contributed by atoms with Crippen LogP contribution in [0.15, 0.2) is 59.7 Å². The highest BCUT2D eigenvalue weighted by Crippen LogP contribution is 2.29. The molecule has 3 N–H and O–H groups in total. The first kappa shape index (κ1) is 26.8. The SMILES string of the molecule is CC(N)C(=O)NC(C(=O)N1CCCC1C1=N[C@](C)(Cc2ccccn2)CO1)C(C)OCc1ccccc1. The summed E-state index contributed by atoms with van der Waals surface area (Å²) in [5, 5.41) is 2.82. The Kier molecular flexibility index (Phi) is 8.56. The van der Waals surface area contributed by atoms with Crippen molar-refractivity contribution in [2.45, 2.75) is 76.4 Å². The molecule has 1 aromatic heterocycles. The van der Waals surface area contributed by atoms with Gasteiger partial charge in [0.05, 0.1) is 18.8 Å². The third-order valence-corrected chi connectivity index (χ3v) is 6.82. The first-order valence-electron chi connectivity index (χ1n) is 12.9. The van der Waals surface area contributed by atoms with Crippen LogP contribution in [0, 0.1) is 0 Å². The number of aliphatic imine (C=N–C) groups is 1. The van der Waals surface area contributed by atoms with Crippen LogP contribution >= 0.6 is 0 Å². The second-order valence-corrected chi connectivity index (χ2v) is 10.2. The van der Waals surface area contributed by atoms with Crippen LogP contribution in [0.25, 0.3) is 0 Å². The number of amides is 2. The molecule has 4 rings (SSSR count). The van der Waals surface area contributed by atoms with Gasteiger partial charge >= 0.3 is 0 Å². The molecule has 0 radical (unpaired) electrons. The number of likely N-dealkylation sites (tertiary alicyclic amines) is 1. The Morgan fingerprint density at radius 2 is 1.97 bits per heavy atom. The number of pyridine rings is 1. The highest BCUT2D eigenvalue weighted by atomic mass is 16.5. The molecule has 0 bridgehead atoms. The van der Waals surface area contributed by atoms with Gasteiger partial charge in [0.15, 0.2) is 0 Å². The van der Waals surface area contributed by atoms with E-state index in [9.17, 15) is 9.59 Å². The first-order chi connectivity index (χ1) is 17.8. The van der Waals surface area contributed by atoms with E-state index in [0.29, 0.717) is 32.1 Å². The lowest BCUT2D eigenvalue weighted by atomic mass is 9.98. The van der Waals surface area contributed by atoms with Gasteiger partial charge in [-0.05, 0) is 51.3 Å². The molecular formula is C28H37N5O4. The number of nitrogens with two attached hydrogens (primary N) is 1. The van der Waals surface area contributed by atoms with Gasteiger partial charge in [-0.3, -0.25) is 14.6 Å². The van der Waals surface area contributed by atoms with Crippen LogP contribution in [0.2, 0.25) is 0 Å². The Morgan fingerprint density at radius 1 is 1.22 bits per heavy atom. The molecule has 0 saturated carbocycles. The van der Waals surface area contributed by atoms with Crippen molar-refractivity contribution < 1.29 is 19.1 Å². The molecule has 37 heavy (non-hydrogen) atoms. The number of hydrogen-bond donors (Lipinski definition) is 2. The van der Waals surface area contributed by atoms with E-state index in [1.807, 2.05) is 55.5 Å². The Morgan fingerprint density at radius 3 is 2.68 bits per heavy atom. The maximum atomic E-state index is 13.8. The molecular weight excluding hydrogens is 470 g/mol. The highest BCUT2D eigenvalue weighted by Gasteiger charge is 2.43. The fourth-order valence-electron chi connectivity index (χ4n) is 4.74. The average molecular weight is 508 g/mol. The number of ether oxygens (including phenoxy) is 2. The van der Waals surface area contributed by atoms with Gasteiger partial charge in [0.1, 0.15) is 24.2 Å². The van der Waals surface area contributed by atoms with E-state index >= 15 is 0 Å². The van der Waals surface area contributed by atoms with Gasteiger partial charge in [0.2, 0.25) is 17.7 Å². The van der Waals surface area contributed by atoms with Crippen LogP contribution in [0.1, 0.15) is 44.9 Å². The summed E-state index contributed by atoms with van der Waals surface area (Å²) in [6, 6.07) is 13.6. The fourth-order valence-corrected chi connectivity index (χ4v) is 4.74. The van der Waals surface area contributed by atoms with Crippen molar-refractivity contribution in [2.75, 3.05) is 13.2 Å². The van der Waals surface area contributed by atoms with Gasteiger partial charge in [-0.25, -0.2) is 4.99 Å². The number of carbonyl (C=O) groups excluding carboxylic acids is 2. The largest absolute Gasteiger partial charge is 0.477 e. The Labute approximate surface area is 218 Å². The molecule has 2 amide bonds. The topological polar surface area (TPSA) is 119 Å². The zero-order chi connectivity index (χ0) is 26.4. The zero-order valence-electron chi connectivity index (χ0n) is 21.8. The third kappa shape index (κ3) is 6.72. The molecule has 198 valence electrons. The van der Waals surface area contributed by atoms with Crippen LogP contribution in [0.4, 0.5) is 0 Å². The lowest BCUT2D eigenvalue weighted by Crippen LogP contribution is -2.58. The van der Waals surface area contributed by atoms with E-state index in [1.54, 1.807) is 24.9 Å². The molecule has 5 atom stereocenters. The lowest BCUT2D eigenvalue weighted by molar-refractivity contribution is -0.141. The maximum Gasteiger partial charge on any atom is 0.248 e. The summed E-state index contributed by atoms with van der Waals surface area (Å²) in [6.07, 6.45) is 3.42. The normalized spacial score (nSPS) is 23.6. The van der Waals surface area contributed by atoms with Crippen molar-refractivity contribution in [1.29, 1.82) is 0 Å². The molecule has 2 aromatic rings. The van der Waals surface area contributed by atoms with Crippen molar-refractivity contribution >= 4 is 17.7 Å². The first-order valence-corrected chi connectivity index (χ1v) is 12.9. The number of nitrogens with zero attached hydrogens (tertiary/aromatic N) is 3. The molecule has 9 heteroatoms. The summed E-state index contributed by atoms with van der Waals surface area (Å²) in [5.41, 5.74) is 7.28. The van der Waals surface area contributed by atoms with Gasteiger partial charge in [0, 0.05) is 24.9 Å². The number of benzene rings is 1. The third-order valence-electron chi connectivity index (χ3n) is 6.82. The second kappa shape index (κ2) is 11.8. The number of nitrogens with one attached hydrogen (secondary N) is 1. The molecule has 0 aliphatic carbocycles. The fraction of sp³-hybridized carbons (Fsp3) is 0.500. The van der Waals surface area contributed by atoms with E-state index in [2.05, 4.69) is 10.3 Å². The summed E-state index contributed by atoms with van der Waals surface area (Å²) in [7, 11) is 0. The van der Waals surface area contributed by atoms with Crippen molar-refractivity contribution in [3.05, 3.63) is 66.0 Å². The molecule has 9 nitrogen and oxygen atoms in total. The van der Waals surface area contributed by atoms with Crippen LogP contribution in [0.5, 0.6) is 0 Å². The summed E-state index contributed by atoms with van der Waals surface area (Å²) < 4.78 is 12.1. The molecule has 3 heterocycles. The van der Waals surface area contributed by atoms with Gasteiger partial charge in [-0.2, -0.15) is 0 Å². The molecule has 2 aliphatic heterocycles. The van der Waals surface area contributed by atoms with Gasteiger partial charge in [-0.15, -0.1) is 0 Å². The van der Waals surface area contributed by atoms with Crippen molar-refractivity contribution in [3.8, 4) is 0 Å². The summed E-state index contributed by atoms with van der Waals surface area (Å²) >= 11 is 0. The number of carbonyl (C=O) groups is 2. The average Bonchev–Trinajstić information content (AvgIpc) is 3.53. The quantitative estimate of drug-likeness (QED) is 0.509. The van der Waals surface area contributed by atoms with Gasteiger partial charge in [-0.1, -0.05) is 36.4 Å². The van der Waals surface area contributed by atoms with E-state index in [-0.39, 0.29) is 11.9 Å². The summed E-state index contributed by atoms with van der Waals surface area (Å²) in [6.45, 7) is 6.74. The zero-order valence-corrected chi connectivity index (χ0v) is 21.8. The molecule has 1 fully saturated rings. The van der Waals surface area contributed by atoms with Gasteiger partial charge < -0.3 is 25.4 Å². The number of aromatic nitrogens is 1. The van der Waals surface area contributed by atoms with E-state index in [4.69, 9.17) is 20.2 Å². The Balaban J connectivity index is 1.49. The van der Waals surface area contributed by atoms with E-state index in [0.717, 1.165) is 24.1 Å². The molecule has 1 saturated heterocycles. The summed E-state index contributed by atoms with van der Waals surface area (Å²) in [4.78, 5) is 37.5. The van der Waals surface area contributed by atoms with E-state index in [1.165, 1.54) is 0 Å². The Bertz CT molecular complexity index is 1090. The minimum atomic E-state index is -0.885. The number of rotatable bonds is 10. The van der Waals surface area contributed by atoms with Crippen LogP contribution in [0.3, 0.4) is 0 Å². The van der Waals surface area contributed by atoms with Crippen LogP contribution < -0.4 is 11.1 Å². The maximum absolute atomic E-state index is 13.8.